The first-order chi connectivity index (χ1) is 9.24. The van der Waals surface area contributed by atoms with E-state index in [1.54, 1.807) is 11.0 Å². The molecule has 1 aromatic rings. The van der Waals surface area contributed by atoms with Crippen LogP contribution in [0.5, 0.6) is 0 Å². The van der Waals surface area contributed by atoms with Crippen molar-refractivity contribution in [2.45, 2.75) is 57.7 Å². The molecule has 1 heterocycles. The molecule has 5 nitrogen and oxygen atoms in total. The molecule has 19 heavy (non-hydrogen) atoms. The summed E-state index contributed by atoms with van der Waals surface area (Å²) in [6.07, 6.45) is 8.69. The van der Waals surface area contributed by atoms with Crippen LogP contribution in [0.1, 0.15) is 44.9 Å². The molecule has 0 saturated heterocycles. The van der Waals surface area contributed by atoms with Crippen LogP contribution in [0.15, 0.2) is 6.33 Å². The number of nitrogens with one attached hydrogen (secondary N) is 1. The minimum Gasteiger partial charge on any atom is -0.378 e. The highest BCUT2D eigenvalue weighted by atomic mass is 16.5. The summed E-state index contributed by atoms with van der Waals surface area (Å²) in [6, 6.07) is 0.579. The molecule has 5 heteroatoms. The zero-order valence-corrected chi connectivity index (χ0v) is 11.9. The zero-order chi connectivity index (χ0) is 13.3. The number of aryl methyl sites for hydroxylation is 1. The van der Waals surface area contributed by atoms with Crippen LogP contribution in [0.3, 0.4) is 0 Å². The van der Waals surface area contributed by atoms with Crippen LogP contribution in [0, 0.1) is 5.41 Å². The van der Waals surface area contributed by atoms with E-state index in [1.807, 2.05) is 7.05 Å². The zero-order valence-electron chi connectivity index (χ0n) is 11.9. The topological polar surface area (TPSA) is 52.0 Å². The Morgan fingerprint density at radius 1 is 1.47 bits per heavy atom. The lowest BCUT2D eigenvalue weighted by atomic mass is 9.60. The number of hydrogen-bond acceptors (Lipinski definition) is 4. The van der Waals surface area contributed by atoms with Gasteiger partial charge < -0.3 is 10.1 Å². The predicted molar refractivity (Wildman–Crippen MR) is 72.6 cm³/mol. The standard InChI is InChI=1S/C14H24N4O/c1-3-19-12-8-11(14(12)6-4-5-7-14)15-9-13-16-10-18(2)17-13/h10-12,15H,3-9H2,1-2H3. The van der Waals surface area contributed by atoms with Crippen LogP contribution in [-0.4, -0.2) is 33.5 Å². The van der Waals surface area contributed by atoms with Gasteiger partial charge >= 0.3 is 0 Å². The average Bonchev–Trinajstić information content (AvgIpc) is 3.03. The highest BCUT2D eigenvalue weighted by molar-refractivity contribution is 5.10. The first-order valence-corrected chi connectivity index (χ1v) is 7.44. The van der Waals surface area contributed by atoms with E-state index < -0.39 is 0 Å². The van der Waals surface area contributed by atoms with E-state index in [-0.39, 0.29) is 0 Å². The maximum absolute atomic E-state index is 5.93. The molecule has 1 N–H and O–H groups in total. The van der Waals surface area contributed by atoms with Crippen LogP contribution in [0.4, 0.5) is 0 Å². The van der Waals surface area contributed by atoms with E-state index in [4.69, 9.17) is 4.74 Å². The van der Waals surface area contributed by atoms with Gasteiger partial charge in [0.05, 0.1) is 12.6 Å². The van der Waals surface area contributed by atoms with Gasteiger partial charge in [0.1, 0.15) is 6.33 Å². The average molecular weight is 264 g/mol. The van der Waals surface area contributed by atoms with E-state index >= 15 is 0 Å². The SMILES string of the molecule is CCOC1CC(NCc2ncn(C)n2)C12CCCC2. The molecule has 1 spiro atoms. The first-order valence-electron chi connectivity index (χ1n) is 7.44. The van der Waals surface area contributed by atoms with Gasteiger partial charge in [-0.3, -0.25) is 4.68 Å². The summed E-state index contributed by atoms with van der Waals surface area (Å²) in [5.74, 6) is 0.885. The molecule has 0 radical (unpaired) electrons. The Bertz CT molecular complexity index is 425. The monoisotopic (exact) mass is 264 g/mol. The van der Waals surface area contributed by atoms with Crippen LogP contribution in [0.2, 0.25) is 0 Å². The summed E-state index contributed by atoms with van der Waals surface area (Å²) in [6.45, 7) is 3.70. The number of nitrogens with zero attached hydrogens (tertiary/aromatic N) is 3. The van der Waals surface area contributed by atoms with Gasteiger partial charge in [0.25, 0.3) is 0 Å². The third-order valence-corrected chi connectivity index (χ3v) is 4.84. The van der Waals surface area contributed by atoms with Crippen LogP contribution < -0.4 is 5.32 Å². The van der Waals surface area contributed by atoms with Gasteiger partial charge in [-0.05, 0) is 26.2 Å². The lowest BCUT2D eigenvalue weighted by Gasteiger charge is -2.54. The van der Waals surface area contributed by atoms with E-state index in [2.05, 4.69) is 22.3 Å². The summed E-state index contributed by atoms with van der Waals surface area (Å²) in [7, 11) is 1.91. The molecule has 2 atom stereocenters. The largest absolute Gasteiger partial charge is 0.378 e. The second-order valence-electron chi connectivity index (χ2n) is 5.89. The summed E-state index contributed by atoms with van der Waals surface area (Å²) in [5.41, 5.74) is 0.394. The minimum absolute atomic E-state index is 0.394. The van der Waals surface area contributed by atoms with Crippen LogP contribution >= 0.6 is 0 Å². The molecule has 1 aromatic heterocycles. The highest BCUT2D eigenvalue weighted by Gasteiger charge is 2.56. The third-order valence-electron chi connectivity index (χ3n) is 4.84. The molecule has 0 amide bonds. The maximum Gasteiger partial charge on any atom is 0.164 e. The first kappa shape index (κ1) is 13.1. The van der Waals surface area contributed by atoms with E-state index in [0.717, 1.165) is 25.4 Å². The van der Waals surface area contributed by atoms with Crippen molar-refractivity contribution in [3.8, 4) is 0 Å². The summed E-state index contributed by atoms with van der Waals surface area (Å²) < 4.78 is 7.68. The van der Waals surface area contributed by atoms with Crippen LogP contribution in [-0.2, 0) is 18.3 Å². The molecule has 3 rings (SSSR count). The molecule has 2 saturated carbocycles. The molecular weight excluding hydrogens is 240 g/mol. The van der Waals surface area contributed by atoms with Crippen molar-refractivity contribution in [3.63, 3.8) is 0 Å². The number of aromatic nitrogens is 3. The Morgan fingerprint density at radius 2 is 2.26 bits per heavy atom. The quantitative estimate of drug-likeness (QED) is 0.878. The van der Waals surface area contributed by atoms with Gasteiger partial charge in [0.2, 0.25) is 0 Å². The van der Waals surface area contributed by atoms with Crippen molar-refractivity contribution in [2.24, 2.45) is 12.5 Å². The van der Waals surface area contributed by atoms with Crippen molar-refractivity contribution in [2.75, 3.05) is 6.61 Å². The highest BCUT2D eigenvalue weighted by Crippen LogP contribution is 2.54. The molecule has 2 aliphatic rings. The molecule has 0 bridgehead atoms. The Kier molecular flexibility index (Phi) is 3.58. The predicted octanol–water partition coefficient (Wildman–Crippen LogP) is 1.64. The Hall–Kier alpha value is -0.940. The second-order valence-corrected chi connectivity index (χ2v) is 5.89. The summed E-state index contributed by atoms with van der Waals surface area (Å²) in [5, 5.41) is 7.97. The number of rotatable bonds is 5. The van der Waals surface area contributed by atoms with E-state index in [1.165, 1.54) is 25.7 Å². The summed E-state index contributed by atoms with van der Waals surface area (Å²) in [4.78, 5) is 4.27. The molecule has 106 valence electrons. The van der Waals surface area contributed by atoms with Gasteiger partial charge in [-0.1, -0.05) is 12.8 Å². The minimum atomic E-state index is 0.394. The fraction of sp³-hybridized carbons (Fsp3) is 0.857. The Labute approximate surface area is 114 Å². The molecule has 0 aromatic carbocycles. The molecule has 2 unspecified atom stereocenters. The van der Waals surface area contributed by atoms with Gasteiger partial charge in [0, 0.05) is 25.1 Å². The Morgan fingerprint density at radius 3 is 2.89 bits per heavy atom. The van der Waals surface area contributed by atoms with Crippen LogP contribution in [0.25, 0.3) is 0 Å². The summed E-state index contributed by atoms with van der Waals surface area (Å²) >= 11 is 0. The number of ether oxygens (including phenoxy) is 1. The second kappa shape index (κ2) is 5.21. The van der Waals surface area contributed by atoms with Gasteiger partial charge in [-0.25, -0.2) is 4.98 Å². The van der Waals surface area contributed by atoms with E-state index in [9.17, 15) is 0 Å². The van der Waals surface area contributed by atoms with Gasteiger partial charge in [0.15, 0.2) is 5.82 Å². The smallest absolute Gasteiger partial charge is 0.164 e. The molecule has 2 aliphatic carbocycles. The lowest BCUT2D eigenvalue weighted by molar-refractivity contribution is -0.130. The molecule has 0 aliphatic heterocycles. The van der Waals surface area contributed by atoms with Crippen molar-refractivity contribution in [1.29, 1.82) is 0 Å². The number of hydrogen-bond donors (Lipinski definition) is 1. The van der Waals surface area contributed by atoms with Gasteiger partial charge in [-0.15, -0.1) is 0 Å². The maximum atomic E-state index is 5.93. The third kappa shape index (κ3) is 2.30. The fourth-order valence-corrected chi connectivity index (χ4v) is 3.85. The van der Waals surface area contributed by atoms with Crippen molar-refractivity contribution in [1.82, 2.24) is 20.1 Å². The molecular formula is C14H24N4O. The van der Waals surface area contributed by atoms with Crippen molar-refractivity contribution in [3.05, 3.63) is 12.2 Å². The lowest BCUT2D eigenvalue weighted by Crippen LogP contribution is -2.62. The fourth-order valence-electron chi connectivity index (χ4n) is 3.85. The van der Waals surface area contributed by atoms with E-state index in [0.29, 0.717) is 17.6 Å². The molecule has 2 fully saturated rings. The van der Waals surface area contributed by atoms with Crippen molar-refractivity contribution < 1.29 is 4.74 Å². The Balaban J connectivity index is 1.59. The normalized spacial score (nSPS) is 28.7. The van der Waals surface area contributed by atoms with Gasteiger partial charge in [-0.2, -0.15) is 5.10 Å². The van der Waals surface area contributed by atoms with Crippen molar-refractivity contribution >= 4 is 0 Å².